The minimum atomic E-state index is -2.35. The Kier molecular flexibility index (Phi) is 14.6. The lowest BCUT2D eigenvalue weighted by atomic mass is 10.0. The van der Waals surface area contributed by atoms with E-state index < -0.39 is 58.7 Å². The molecule has 4 aromatic rings. The maximum atomic E-state index is 13.5. The van der Waals surface area contributed by atoms with Crippen molar-refractivity contribution in [2.75, 3.05) is 49.7 Å². The monoisotopic (exact) mass is 884 g/mol. The number of H-pyrrole nitrogens is 1. The molecule has 3 aliphatic rings. The molecular weight excluding hydrogens is 835 g/mol. The summed E-state index contributed by atoms with van der Waals surface area (Å²) in [6, 6.07) is 13.5. The lowest BCUT2D eigenvalue weighted by molar-refractivity contribution is -0.149. The average Bonchev–Trinajstić information content (AvgIpc) is 3.91. The second-order valence-corrected chi connectivity index (χ2v) is 16.1. The first-order valence-electron chi connectivity index (χ1n) is 21.5. The Hall–Kier alpha value is -6.37. The van der Waals surface area contributed by atoms with E-state index in [1.54, 1.807) is 42.5 Å². The summed E-state index contributed by atoms with van der Waals surface area (Å²) >= 11 is 0. The molecule has 6 amide bonds. The highest BCUT2D eigenvalue weighted by atomic mass is 19.1. The number of nitrogens with one attached hydrogen (secondary N) is 4. The largest absolute Gasteiger partial charge is 0.385 e. The van der Waals surface area contributed by atoms with Crippen molar-refractivity contribution >= 4 is 63.5 Å². The van der Waals surface area contributed by atoms with Gasteiger partial charge in [-0.2, -0.15) is 0 Å². The number of halogens is 2. The summed E-state index contributed by atoms with van der Waals surface area (Å²) in [5, 5.41) is 19.5. The van der Waals surface area contributed by atoms with Gasteiger partial charge >= 0.3 is 0 Å². The fourth-order valence-corrected chi connectivity index (χ4v) is 8.05. The van der Waals surface area contributed by atoms with Crippen LogP contribution in [-0.4, -0.2) is 107 Å². The van der Waals surface area contributed by atoms with Gasteiger partial charge in [0.1, 0.15) is 17.7 Å². The fraction of sp³-hybridized carbons (Fsp3) is 0.413. The number of Topliss-reactive ketones (excluding diaryl/α,β-unsaturated/α-hetero) is 1. The zero-order valence-corrected chi connectivity index (χ0v) is 35.1. The summed E-state index contributed by atoms with van der Waals surface area (Å²) in [6.45, 7) is 2.70. The number of anilines is 2. The van der Waals surface area contributed by atoms with Gasteiger partial charge < -0.3 is 35.1 Å². The number of ketones is 1. The topological polar surface area (TPSA) is 217 Å². The molecule has 1 aromatic heterocycles. The molecular formula is C46H50F2N6O10. The van der Waals surface area contributed by atoms with E-state index in [1.807, 2.05) is 0 Å². The molecule has 0 saturated carbocycles. The van der Waals surface area contributed by atoms with Crippen LogP contribution in [0.2, 0.25) is 0 Å². The van der Waals surface area contributed by atoms with Crippen LogP contribution in [0.25, 0.3) is 10.9 Å². The van der Waals surface area contributed by atoms with Gasteiger partial charge in [0, 0.05) is 93.7 Å². The van der Waals surface area contributed by atoms with Crippen molar-refractivity contribution < 1.29 is 56.9 Å². The normalized spacial score (nSPS) is 18.5. The van der Waals surface area contributed by atoms with E-state index in [0.717, 1.165) is 49.1 Å². The first kappa shape index (κ1) is 45.6. The Balaban J connectivity index is 0.719. The SMILES string of the molecule is O=C1CCC(N2C(=O)c3ccc(NCCCCOCCCOCCCCCC(=O)c4cc5cc(N6CCC(O)(C(=O)NCc7cc(F)cc(F)c7)C6=O)ccc5[nH]4)cc3C2=O)C(=O)N1. The minimum Gasteiger partial charge on any atom is -0.385 e. The molecule has 338 valence electrons. The number of amides is 6. The van der Waals surface area contributed by atoms with Gasteiger partial charge in [0.2, 0.25) is 17.4 Å². The van der Waals surface area contributed by atoms with E-state index in [9.17, 15) is 47.4 Å². The van der Waals surface area contributed by atoms with Crippen LogP contribution in [0.3, 0.4) is 0 Å². The van der Waals surface area contributed by atoms with Crippen molar-refractivity contribution in [2.45, 2.75) is 82.4 Å². The van der Waals surface area contributed by atoms with Gasteiger partial charge in [-0.3, -0.25) is 43.8 Å². The summed E-state index contributed by atoms with van der Waals surface area (Å²) in [7, 11) is 0. The highest BCUT2D eigenvalue weighted by molar-refractivity contribution is 6.24. The number of carbonyl (C=O) groups is 7. The predicted octanol–water partition coefficient (Wildman–Crippen LogP) is 4.69. The summed E-state index contributed by atoms with van der Waals surface area (Å²) in [4.78, 5) is 94.2. The highest BCUT2D eigenvalue weighted by Gasteiger charge is 2.52. The number of rotatable bonds is 22. The van der Waals surface area contributed by atoms with E-state index >= 15 is 0 Å². The fourth-order valence-electron chi connectivity index (χ4n) is 8.05. The number of hydrogen-bond acceptors (Lipinski definition) is 11. The van der Waals surface area contributed by atoms with Crippen LogP contribution in [0.5, 0.6) is 0 Å². The van der Waals surface area contributed by atoms with Crippen LogP contribution in [0.15, 0.2) is 60.7 Å². The number of unbranched alkanes of at least 4 members (excludes halogenated alkanes) is 3. The summed E-state index contributed by atoms with van der Waals surface area (Å²) in [5.41, 5.74) is 0.525. The van der Waals surface area contributed by atoms with Crippen LogP contribution in [0, 0.1) is 11.6 Å². The van der Waals surface area contributed by atoms with Gasteiger partial charge in [-0.05, 0) is 98.7 Å². The van der Waals surface area contributed by atoms with E-state index in [2.05, 4.69) is 20.9 Å². The first-order valence-corrected chi connectivity index (χ1v) is 21.5. The number of carbonyl (C=O) groups excluding carboxylic acids is 7. The second-order valence-electron chi connectivity index (χ2n) is 16.1. The standard InChI is InChI=1S/C46H50F2N6O10/c47-30-21-28(22-31(48)25-30)27-50-44(60)46(62)14-16-53(45(46)61)33-9-11-36-29(23-33)24-37(51-36)39(55)7-2-1-4-17-63-19-6-20-64-18-5-3-15-49-32-8-10-34-35(26-32)43(59)54(42(34)58)38-12-13-40(56)52-41(38)57/h8-11,21-26,38,49,51,62H,1-7,12-20,27H2,(H,50,60)(H,52,56,57). The van der Waals surface area contributed by atoms with Crippen molar-refractivity contribution in [1.82, 2.24) is 20.5 Å². The Labute approximate surface area is 367 Å². The maximum absolute atomic E-state index is 13.5. The predicted molar refractivity (Wildman–Crippen MR) is 228 cm³/mol. The molecule has 16 nitrogen and oxygen atoms in total. The number of fused-ring (bicyclic) bond motifs is 2. The smallest absolute Gasteiger partial charge is 0.268 e. The number of benzene rings is 3. The van der Waals surface area contributed by atoms with E-state index in [-0.39, 0.29) is 54.8 Å². The van der Waals surface area contributed by atoms with E-state index in [1.165, 1.54) is 4.90 Å². The molecule has 7 rings (SSSR count). The molecule has 2 atom stereocenters. The summed E-state index contributed by atoms with van der Waals surface area (Å²) in [5.74, 6) is -5.60. The third-order valence-corrected chi connectivity index (χ3v) is 11.5. The summed E-state index contributed by atoms with van der Waals surface area (Å²) in [6.07, 6.45) is 5.03. The van der Waals surface area contributed by atoms with Gasteiger partial charge in [-0.1, -0.05) is 6.42 Å². The molecule has 3 aliphatic heterocycles. The van der Waals surface area contributed by atoms with Gasteiger partial charge in [0.25, 0.3) is 23.6 Å². The second kappa shape index (κ2) is 20.4. The van der Waals surface area contributed by atoms with Crippen LogP contribution in [-0.2, 0) is 35.2 Å². The third-order valence-electron chi connectivity index (χ3n) is 11.5. The third kappa shape index (κ3) is 10.5. The van der Waals surface area contributed by atoms with E-state index in [0.29, 0.717) is 79.9 Å². The number of piperidine rings is 1. The Morgan fingerprint density at radius 3 is 2.28 bits per heavy atom. The van der Waals surface area contributed by atoms with E-state index in [4.69, 9.17) is 9.47 Å². The van der Waals surface area contributed by atoms with Crippen molar-refractivity contribution in [3.05, 3.63) is 94.7 Å². The van der Waals surface area contributed by atoms with Crippen molar-refractivity contribution in [3.63, 3.8) is 0 Å². The van der Waals surface area contributed by atoms with Crippen molar-refractivity contribution in [1.29, 1.82) is 0 Å². The maximum Gasteiger partial charge on any atom is 0.268 e. The Morgan fingerprint density at radius 2 is 1.53 bits per heavy atom. The number of aliphatic hydroxyl groups is 1. The zero-order valence-electron chi connectivity index (χ0n) is 35.1. The molecule has 4 heterocycles. The van der Waals surface area contributed by atoms with Crippen LogP contribution in [0.1, 0.15) is 101 Å². The molecule has 0 radical (unpaired) electrons. The van der Waals surface area contributed by atoms with Gasteiger partial charge in [-0.15, -0.1) is 0 Å². The number of nitrogens with zero attached hydrogens (tertiary/aromatic N) is 2. The van der Waals surface area contributed by atoms with Crippen LogP contribution >= 0.6 is 0 Å². The van der Waals surface area contributed by atoms with Crippen LogP contribution in [0.4, 0.5) is 20.2 Å². The van der Waals surface area contributed by atoms with Gasteiger partial charge in [0.05, 0.1) is 16.8 Å². The number of hydrogen-bond donors (Lipinski definition) is 5. The van der Waals surface area contributed by atoms with Crippen LogP contribution < -0.4 is 20.9 Å². The quantitative estimate of drug-likeness (QED) is 0.0316. The molecule has 2 fully saturated rings. The number of imide groups is 2. The molecule has 64 heavy (non-hydrogen) atoms. The average molecular weight is 885 g/mol. The number of ether oxygens (including phenoxy) is 2. The van der Waals surface area contributed by atoms with Gasteiger partial charge in [0.15, 0.2) is 5.78 Å². The molecule has 2 saturated heterocycles. The molecule has 5 N–H and O–H groups in total. The van der Waals surface area contributed by atoms with Gasteiger partial charge in [-0.25, -0.2) is 8.78 Å². The molecule has 3 aromatic carbocycles. The lowest BCUT2D eigenvalue weighted by Crippen LogP contribution is -2.54. The van der Waals surface area contributed by atoms with Crippen molar-refractivity contribution in [2.24, 2.45) is 0 Å². The molecule has 0 spiro atoms. The molecule has 18 heteroatoms. The van der Waals surface area contributed by atoms with Crippen molar-refractivity contribution in [3.8, 4) is 0 Å². The molecule has 0 bridgehead atoms. The minimum absolute atomic E-state index is 0.0504. The first-order chi connectivity index (χ1) is 30.8. The zero-order chi connectivity index (χ0) is 45.4. The number of aromatic nitrogens is 1. The molecule has 0 aliphatic carbocycles. The Bertz CT molecular complexity index is 2440. The highest BCUT2D eigenvalue weighted by Crippen LogP contribution is 2.32. The number of aromatic amines is 1. The summed E-state index contributed by atoms with van der Waals surface area (Å²) < 4.78 is 38.5. The molecule has 2 unspecified atom stereocenters. The Morgan fingerprint density at radius 1 is 0.812 bits per heavy atom. The lowest BCUT2D eigenvalue weighted by Gasteiger charge is -2.27.